The minimum atomic E-state index is 0. The van der Waals surface area contributed by atoms with Crippen LogP contribution in [0.2, 0.25) is 0 Å². The van der Waals surface area contributed by atoms with Crippen LogP contribution in [0.3, 0.4) is 0 Å². The zero-order valence-corrected chi connectivity index (χ0v) is 15.9. The van der Waals surface area contributed by atoms with Gasteiger partial charge in [0, 0.05) is 36.7 Å². The Labute approximate surface area is 165 Å². The van der Waals surface area contributed by atoms with Gasteiger partial charge in [-0.15, -0.1) is 12.4 Å². The Hall–Kier alpha value is -2.37. The molecule has 5 nitrogen and oxygen atoms in total. The molecule has 2 aromatic rings. The molecule has 0 radical (unpaired) electrons. The van der Waals surface area contributed by atoms with Gasteiger partial charge in [0.15, 0.2) is 0 Å². The molecule has 2 aliphatic heterocycles. The normalized spacial score (nSPS) is 21.2. The molecule has 2 aliphatic rings. The van der Waals surface area contributed by atoms with Crippen LogP contribution in [0.1, 0.15) is 33.8 Å². The standard InChI is InChI=1S/C21H23N3O2.ClH/c22-11-17-12-24(13-18(17)14-4-2-1-3-5-14)21(26)16-6-8-19-15(10-16)7-9-20(25)23-19;/h1-6,8,10,17-18H,7,9,11-13,22H2,(H,23,25);1H/t17-,18+;/m1./s1. The number of nitrogens with two attached hydrogens (primary N) is 1. The fourth-order valence-electron chi connectivity index (χ4n) is 4.05. The van der Waals surface area contributed by atoms with E-state index in [2.05, 4.69) is 17.4 Å². The van der Waals surface area contributed by atoms with Crippen LogP contribution in [0, 0.1) is 5.92 Å². The Morgan fingerprint density at radius 3 is 2.63 bits per heavy atom. The zero-order chi connectivity index (χ0) is 18.1. The maximum Gasteiger partial charge on any atom is 0.253 e. The zero-order valence-electron chi connectivity index (χ0n) is 15.1. The van der Waals surface area contributed by atoms with Crippen molar-refractivity contribution in [3.05, 3.63) is 65.2 Å². The lowest BCUT2D eigenvalue weighted by atomic mass is 9.89. The first kappa shape index (κ1) is 19.4. The predicted molar refractivity (Wildman–Crippen MR) is 108 cm³/mol. The molecular formula is C21H24ClN3O2. The molecule has 142 valence electrons. The number of carbonyl (C=O) groups excluding carboxylic acids is 2. The van der Waals surface area contributed by atoms with Crippen LogP contribution in [0.5, 0.6) is 0 Å². The summed E-state index contributed by atoms with van der Waals surface area (Å²) in [5.74, 6) is 0.634. The lowest BCUT2D eigenvalue weighted by Gasteiger charge is -2.20. The molecule has 2 atom stereocenters. The second-order valence-corrected chi connectivity index (χ2v) is 7.14. The quantitative estimate of drug-likeness (QED) is 0.853. The fraction of sp³-hybridized carbons (Fsp3) is 0.333. The van der Waals surface area contributed by atoms with Crippen molar-refractivity contribution in [2.45, 2.75) is 18.8 Å². The SMILES string of the molecule is Cl.NC[C@@H]1CN(C(=O)c2ccc3c(c2)CCC(=O)N3)C[C@H]1c1ccccc1. The number of benzene rings is 2. The third-order valence-corrected chi connectivity index (χ3v) is 5.51. The Morgan fingerprint density at radius 1 is 1.11 bits per heavy atom. The van der Waals surface area contributed by atoms with Crippen LogP contribution in [0.25, 0.3) is 0 Å². The number of rotatable bonds is 3. The van der Waals surface area contributed by atoms with Gasteiger partial charge in [0.05, 0.1) is 0 Å². The van der Waals surface area contributed by atoms with Gasteiger partial charge in [-0.1, -0.05) is 30.3 Å². The van der Waals surface area contributed by atoms with Crippen LogP contribution in [0.4, 0.5) is 5.69 Å². The summed E-state index contributed by atoms with van der Waals surface area (Å²) in [6.07, 6.45) is 1.15. The number of hydrogen-bond acceptors (Lipinski definition) is 3. The summed E-state index contributed by atoms with van der Waals surface area (Å²) < 4.78 is 0. The van der Waals surface area contributed by atoms with Gasteiger partial charge in [0.2, 0.25) is 5.91 Å². The minimum Gasteiger partial charge on any atom is -0.338 e. The maximum absolute atomic E-state index is 13.0. The molecule has 27 heavy (non-hydrogen) atoms. The molecule has 0 bridgehead atoms. The van der Waals surface area contributed by atoms with Crippen molar-refractivity contribution in [1.82, 2.24) is 4.90 Å². The number of fused-ring (bicyclic) bond motifs is 1. The minimum absolute atomic E-state index is 0. The molecule has 0 spiro atoms. The van der Waals surface area contributed by atoms with E-state index >= 15 is 0 Å². The van der Waals surface area contributed by atoms with Crippen LogP contribution in [0.15, 0.2) is 48.5 Å². The third kappa shape index (κ3) is 3.84. The lowest BCUT2D eigenvalue weighted by Crippen LogP contribution is -2.30. The van der Waals surface area contributed by atoms with E-state index in [0.29, 0.717) is 38.0 Å². The van der Waals surface area contributed by atoms with Crippen molar-refractivity contribution >= 4 is 29.9 Å². The molecule has 0 unspecified atom stereocenters. The van der Waals surface area contributed by atoms with E-state index in [-0.39, 0.29) is 36.1 Å². The van der Waals surface area contributed by atoms with E-state index in [1.165, 1.54) is 5.56 Å². The van der Waals surface area contributed by atoms with Gasteiger partial charge in [0.1, 0.15) is 0 Å². The van der Waals surface area contributed by atoms with Gasteiger partial charge in [-0.2, -0.15) is 0 Å². The van der Waals surface area contributed by atoms with Gasteiger partial charge in [-0.05, 0) is 48.2 Å². The second kappa shape index (κ2) is 8.11. The molecule has 0 aliphatic carbocycles. The number of carbonyl (C=O) groups is 2. The van der Waals surface area contributed by atoms with Gasteiger partial charge in [0.25, 0.3) is 5.91 Å². The number of amides is 2. The van der Waals surface area contributed by atoms with E-state index in [1.807, 2.05) is 35.2 Å². The maximum atomic E-state index is 13.0. The highest BCUT2D eigenvalue weighted by atomic mass is 35.5. The van der Waals surface area contributed by atoms with E-state index in [4.69, 9.17) is 5.73 Å². The number of halogens is 1. The molecule has 2 aromatic carbocycles. The highest BCUT2D eigenvalue weighted by Crippen LogP contribution is 2.33. The lowest BCUT2D eigenvalue weighted by molar-refractivity contribution is -0.116. The van der Waals surface area contributed by atoms with E-state index in [0.717, 1.165) is 11.3 Å². The highest BCUT2D eigenvalue weighted by molar-refractivity contribution is 5.98. The van der Waals surface area contributed by atoms with Gasteiger partial charge < -0.3 is 16.0 Å². The second-order valence-electron chi connectivity index (χ2n) is 7.14. The van der Waals surface area contributed by atoms with Gasteiger partial charge >= 0.3 is 0 Å². The van der Waals surface area contributed by atoms with Crippen LogP contribution in [-0.2, 0) is 11.2 Å². The fourth-order valence-corrected chi connectivity index (χ4v) is 4.05. The molecule has 2 heterocycles. The van der Waals surface area contributed by atoms with Crippen molar-refractivity contribution in [2.75, 3.05) is 25.0 Å². The molecule has 0 saturated carbocycles. The van der Waals surface area contributed by atoms with Crippen molar-refractivity contribution in [3.63, 3.8) is 0 Å². The summed E-state index contributed by atoms with van der Waals surface area (Å²) in [6.45, 7) is 1.95. The van der Waals surface area contributed by atoms with E-state index in [9.17, 15) is 9.59 Å². The first-order valence-corrected chi connectivity index (χ1v) is 9.13. The first-order chi connectivity index (χ1) is 12.7. The van der Waals surface area contributed by atoms with Crippen molar-refractivity contribution in [1.29, 1.82) is 0 Å². The van der Waals surface area contributed by atoms with Crippen molar-refractivity contribution in [2.24, 2.45) is 11.7 Å². The number of aryl methyl sites for hydroxylation is 1. The molecule has 4 rings (SSSR count). The van der Waals surface area contributed by atoms with Gasteiger partial charge in [-0.3, -0.25) is 9.59 Å². The number of nitrogens with one attached hydrogen (secondary N) is 1. The Morgan fingerprint density at radius 2 is 1.89 bits per heavy atom. The number of nitrogens with zero attached hydrogens (tertiary/aromatic N) is 1. The summed E-state index contributed by atoms with van der Waals surface area (Å²) in [6, 6.07) is 15.9. The Balaban J connectivity index is 0.00000210. The summed E-state index contributed by atoms with van der Waals surface area (Å²) in [7, 11) is 0. The molecule has 3 N–H and O–H groups in total. The summed E-state index contributed by atoms with van der Waals surface area (Å²) >= 11 is 0. The third-order valence-electron chi connectivity index (χ3n) is 5.51. The first-order valence-electron chi connectivity index (χ1n) is 9.13. The van der Waals surface area contributed by atoms with Crippen molar-refractivity contribution in [3.8, 4) is 0 Å². The molecule has 1 saturated heterocycles. The average molecular weight is 386 g/mol. The largest absolute Gasteiger partial charge is 0.338 e. The number of hydrogen-bond donors (Lipinski definition) is 2. The highest BCUT2D eigenvalue weighted by Gasteiger charge is 2.35. The predicted octanol–water partition coefficient (Wildman–Crippen LogP) is 2.81. The number of anilines is 1. The van der Waals surface area contributed by atoms with E-state index < -0.39 is 0 Å². The average Bonchev–Trinajstić information content (AvgIpc) is 3.12. The Bertz CT molecular complexity index is 841. The molecule has 2 amide bonds. The van der Waals surface area contributed by atoms with Crippen LogP contribution < -0.4 is 11.1 Å². The van der Waals surface area contributed by atoms with Crippen LogP contribution >= 0.6 is 12.4 Å². The topological polar surface area (TPSA) is 75.4 Å². The summed E-state index contributed by atoms with van der Waals surface area (Å²) in [5, 5.41) is 2.86. The monoisotopic (exact) mass is 385 g/mol. The Kier molecular flexibility index (Phi) is 5.82. The van der Waals surface area contributed by atoms with Crippen LogP contribution in [-0.4, -0.2) is 36.3 Å². The van der Waals surface area contributed by atoms with Gasteiger partial charge in [-0.25, -0.2) is 0 Å². The molecule has 1 fully saturated rings. The molecule has 0 aromatic heterocycles. The summed E-state index contributed by atoms with van der Waals surface area (Å²) in [5.41, 5.74) is 9.77. The molecular weight excluding hydrogens is 362 g/mol. The molecule has 6 heteroatoms. The summed E-state index contributed by atoms with van der Waals surface area (Å²) in [4.78, 5) is 26.4. The van der Waals surface area contributed by atoms with E-state index in [1.54, 1.807) is 6.07 Å². The smallest absolute Gasteiger partial charge is 0.253 e. The number of likely N-dealkylation sites (tertiary alicyclic amines) is 1. The van der Waals surface area contributed by atoms with Crippen molar-refractivity contribution < 1.29 is 9.59 Å².